The van der Waals surface area contributed by atoms with Gasteiger partial charge in [-0.3, -0.25) is 9.59 Å². The number of aryl methyl sites for hydroxylation is 1. The van der Waals surface area contributed by atoms with E-state index in [2.05, 4.69) is 28.2 Å². The first-order chi connectivity index (χ1) is 30.0. The number of H-pyrrole nitrogens is 2. The number of methoxy groups -OCH3 is 1. The molecule has 2 unspecified atom stereocenters. The predicted octanol–water partition coefficient (Wildman–Crippen LogP) is 7.76. The third-order valence-electron chi connectivity index (χ3n) is 11.7. The normalized spacial score (nSPS) is 17.1. The maximum atomic E-state index is 13.9. The van der Waals surface area contributed by atoms with Crippen LogP contribution in [0, 0.1) is 13.8 Å². The highest BCUT2D eigenvalue weighted by Crippen LogP contribution is 2.43. The van der Waals surface area contributed by atoms with E-state index >= 15 is 0 Å². The standard InChI is InChI=1S/C47H48N8O7/c1-27-24-33(28(2)38(39(27)60-3)35-26-51-43(53-35)37-17-11-23-55(37)45(57)41(62-47(49)59)32-14-8-5-9-15-32)29-18-20-30(21-19-29)34-25-50-42(52-34)36-16-10-22-54(36)44(56)40(61-46(48)58)31-12-6-4-7-13-31/h4-9,12-15,18-21,24-26,36-37,40-41H,10-11,16-17,22-23H2,1-3H3,(H2,48,58)(H2,49,59)(H,50,52)(H,51,53)/t36?,37?,40-,41-/m1/s1. The molecule has 6 aromatic rings. The Balaban J connectivity index is 1.03. The topological polar surface area (TPSA) is 212 Å². The zero-order chi connectivity index (χ0) is 43.5. The van der Waals surface area contributed by atoms with Crippen LogP contribution in [0.1, 0.15) is 83.9 Å². The predicted molar refractivity (Wildman–Crippen MR) is 230 cm³/mol. The summed E-state index contributed by atoms with van der Waals surface area (Å²) < 4.78 is 16.6. The first-order valence-electron chi connectivity index (χ1n) is 20.5. The maximum absolute atomic E-state index is 13.9. The molecule has 318 valence electrons. The molecule has 0 radical (unpaired) electrons. The Morgan fingerprint density at radius 2 is 1.15 bits per heavy atom. The largest absolute Gasteiger partial charge is 0.496 e. The minimum Gasteiger partial charge on any atom is -0.496 e. The van der Waals surface area contributed by atoms with E-state index in [9.17, 15) is 19.2 Å². The van der Waals surface area contributed by atoms with Crippen LogP contribution in [-0.4, -0.2) is 73.9 Å². The molecule has 2 aromatic heterocycles. The molecule has 2 fully saturated rings. The Hall–Kier alpha value is -7.42. The van der Waals surface area contributed by atoms with Crippen LogP contribution in [0.4, 0.5) is 9.59 Å². The first-order valence-corrected chi connectivity index (χ1v) is 20.5. The Labute approximate surface area is 358 Å². The van der Waals surface area contributed by atoms with Gasteiger partial charge in [0, 0.05) is 29.8 Å². The van der Waals surface area contributed by atoms with E-state index in [1.54, 1.807) is 77.8 Å². The maximum Gasteiger partial charge on any atom is 0.405 e. The van der Waals surface area contributed by atoms with Crippen molar-refractivity contribution >= 4 is 24.0 Å². The van der Waals surface area contributed by atoms with E-state index in [1.165, 1.54) is 0 Å². The van der Waals surface area contributed by atoms with Crippen LogP contribution in [0.3, 0.4) is 0 Å². The number of imidazole rings is 2. The molecule has 6 N–H and O–H groups in total. The number of nitrogens with one attached hydrogen (secondary N) is 2. The molecule has 62 heavy (non-hydrogen) atoms. The minimum atomic E-state index is -1.18. The molecule has 0 spiro atoms. The van der Waals surface area contributed by atoms with Crippen LogP contribution in [0.2, 0.25) is 0 Å². The van der Waals surface area contributed by atoms with Crippen molar-refractivity contribution in [2.45, 2.75) is 63.8 Å². The average Bonchev–Trinajstić information content (AvgIpc) is 4.13. The fraction of sp³-hybridized carbons (Fsp3) is 0.277. The van der Waals surface area contributed by atoms with Crippen molar-refractivity contribution in [1.29, 1.82) is 0 Å². The van der Waals surface area contributed by atoms with Crippen LogP contribution in [-0.2, 0) is 19.1 Å². The molecule has 4 atom stereocenters. The number of nitrogens with two attached hydrogens (primary N) is 2. The van der Waals surface area contributed by atoms with Gasteiger partial charge in [-0.25, -0.2) is 19.6 Å². The monoisotopic (exact) mass is 836 g/mol. The third kappa shape index (κ3) is 8.20. The second-order valence-corrected chi connectivity index (χ2v) is 15.6. The Morgan fingerprint density at radius 1 is 0.677 bits per heavy atom. The molecule has 0 bridgehead atoms. The molecule has 2 aliphatic heterocycles. The summed E-state index contributed by atoms with van der Waals surface area (Å²) >= 11 is 0. The summed E-state index contributed by atoms with van der Waals surface area (Å²) in [7, 11) is 1.65. The van der Waals surface area contributed by atoms with Crippen LogP contribution >= 0.6 is 0 Å². The van der Waals surface area contributed by atoms with Gasteiger partial charge in [0.15, 0.2) is 0 Å². The number of hydrogen-bond acceptors (Lipinski definition) is 9. The van der Waals surface area contributed by atoms with E-state index < -0.39 is 24.4 Å². The molecule has 0 saturated carbocycles. The van der Waals surface area contributed by atoms with E-state index in [4.69, 9.17) is 35.6 Å². The SMILES string of the molecule is COc1c(C)cc(-c2ccc(-c3cnc(C4CCCN4C(=O)[C@H](OC(N)=O)c4ccccc4)[nH]3)cc2)c(C)c1-c1cnc(C2CCCN2C(=O)[C@H](OC(N)=O)c2ccccc2)[nH]1. The highest BCUT2D eigenvalue weighted by molar-refractivity contribution is 5.87. The van der Waals surface area contributed by atoms with E-state index in [0.717, 1.165) is 57.6 Å². The number of benzene rings is 4. The molecule has 8 rings (SSSR count). The summed E-state index contributed by atoms with van der Waals surface area (Å²) in [4.78, 5) is 71.3. The molecular weight excluding hydrogens is 789 g/mol. The van der Waals surface area contributed by atoms with E-state index in [1.807, 2.05) is 38.1 Å². The molecule has 4 aromatic carbocycles. The average molecular weight is 837 g/mol. The highest BCUT2D eigenvalue weighted by Gasteiger charge is 2.39. The number of ether oxygens (including phenoxy) is 3. The number of nitrogens with zero attached hydrogens (tertiary/aromatic N) is 4. The number of rotatable bonds is 12. The number of aromatic amines is 2. The third-order valence-corrected chi connectivity index (χ3v) is 11.7. The number of carbonyl (C=O) groups excluding carboxylic acids is 4. The smallest absolute Gasteiger partial charge is 0.405 e. The quantitative estimate of drug-likeness (QED) is 0.0947. The number of amides is 4. The fourth-order valence-corrected chi connectivity index (χ4v) is 8.84. The highest BCUT2D eigenvalue weighted by atomic mass is 16.6. The van der Waals surface area contributed by atoms with Crippen molar-refractivity contribution in [3.05, 3.63) is 137 Å². The van der Waals surface area contributed by atoms with Gasteiger partial charge >= 0.3 is 12.2 Å². The Kier molecular flexibility index (Phi) is 11.8. The zero-order valence-electron chi connectivity index (χ0n) is 34.7. The van der Waals surface area contributed by atoms with Gasteiger partial charge in [0.05, 0.1) is 43.0 Å². The number of hydrogen-bond donors (Lipinski definition) is 4. The van der Waals surface area contributed by atoms with Gasteiger partial charge in [-0.1, -0.05) is 84.9 Å². The summed E-state index contributed by atoms with van der Waals surface area (Å²) in [5.41, 5.74) is 19.0. The molecule has 4 amide bonds. The Morgan fingerprint density at radius 3 is 1.63 bits per heavy atom. The lowest BCUT2D eigenvalue weighted by molar-refractivity contribution is -0.142. The summed E-state index contributed by atoms with van der Waals surface area (Å²) in [5.74, 6) is 1.25. The van der Waals surface area contributed by atoms with Gasteiger partial charge in [0.2, 0.25) is 12.2 Å². The zero-order valence-corrected chi connectivity index (χ0v) is 34.7. The molecular formula is C47H48N8O7. The molecule has 15 heteroatoms. The van der Waals surface area contributed by atoms with Gasteiger partial charge in [-0.05, 0) is 73.4 Å². The lowest BCUT2D eigenvalue weighted by Gasteiger charge is -2.27. The van der Waals surface area contributed by atoms with Crippen molar-refractivity contribution in [2.75, 3.05) is 20.2 Å². The first kappa shape index (κ1) is 41.3. The number of likely N-dealkylation sites (tertiary alicyclic amines) is 2. The fourth-order valence-electron chi connectivity index (χ4n) is 8.84. The lowest BCUT2D eigenvalue weighted by atomic mass is 9.91. The van der Waals surface area contributed by atoms with Crippen molar-refractivity contribution in [2.24, 2.45) is 11.5 Å². The van der Waals surface area contributed by atoms with Gasteiger partial charge in [-0.15, -0.1) is 0 Å². The van der Waals surface area contributed by atoms with Crippen molar-refractivity contribution in [1.82, 2.24) is 29.7 Å². The number of aromatic nitrogens is 4. The van der Waals surface area contributed by atoms with Gasteiger partial charge in [0.1, 0.15) is 17.4 Å². The van der Waals surface area contributed by atoms with Crippen LogP contribution < -0.4 is 16.2 Å². The van der Waals surface area contributed by atoms with Gasteiger partial charge in [-0.2, -0.15) is 0 Å². The molecule has 4 heterocycles. The molecule has 2 saturated heterocycles. The van der Waals surface area contributed by atoms with E-state index in [-0.39, 0.29) is 23.9 Å². The summed E-state index contributed by atoms with van der Waals surface area (Å²) in [6, 6.07) is 27.3. The summed E-state index contributed by atoms with van der Waals surface area (Å²) in [6.07, 6.45) is 2.04. The lowest BCUT2D eigenvalue weighted by Crippen LogP contribution is -2.37. The summed E-state index contributed by atoms with van der Waals surface area (Å²) in [5, 5.41) is 0. The number of carbonyl (C=O) groups is 4. The van der Waals surface area contributed by atoms with Crippen LogP contribution in [0.5, 0.6) is 5.75 Å². The van der Waals surface area contributed by atoms with Gasteiger partial charge in [0.25, 0.3) is 11.8 Å². The van der Waals surface area contributed by atoms with Crippen molar-refractivity contribution in [3.63, 3.8) is 0 Å². The summed E-state index contributed by atoms with van der Waals surface area (Å²) in [6.45, 7) is 5.01. The molecule has 2 aliphatic rings. The van der Waals surface area contributed by atoms with E-state index in [0.29, 0.717) is 54.5 Å². The Bertz CT molecular complexity index is 2590. The van der Waals surface area contributed by atoms with Crippen LogP contribution in [0.15, 0.2) is 103 Å². The molecule has 0 aliphatic carbocycles. The van der Waals surface area contributed by atoms with Crippen molar-refractivity contribution < 1.29 is 33.4 Å². The number of primary amides is 2. The second-order valence-electron chi connectivity index (χ2n) is 15.6. The van der Waals surface area contributed by atoms with Crippen molar-refractivity contribution in [3.8, 4) is 39.4 Å². The van der Waals surface area contributed by atoms with Crippen LogP contribution in [0.25, 0.3) is 33.6 Å². The second kappa shape index (κ2) is 17.7. The minimum absolute atomic E-state index is 0.330. The molecule has 15 nitrogen and oxygen atoms in total. The van der Waals surface area contributed by atoms with Gasteiger partial charge < -0.3 is 45.4 Å².